The smallest absolute Gasteiger partial charge is 0.183 e. The number of nitrogens with two attached hydrogens (primary N) is 1. The van der Waals surface area contributed by atoms with Crippen LogP contribution < -0.4 is 16.6 Å². The highest BCUT2D eigenvalue weighted by atomic mass is 15.3. The highest BCUT2D eigenvalue weighted by Gasteiger charge is 2.19. The fourth-order valence-electron chi connectivity index (χ4n) is 2.96. The van der Waals surface area contributed by atoms with Gasteiger partial charge in [-0.25, -0.2) is 20.8 Å². The second-order valence-electron chi connectivity index (χ2n) is 6.25. The van der Waals surface area contributed by atoms with Crippen molar-refractivity contribution in [2.24, 2.45) is 16.8 Å². The predicted molar refractivity (Wildman–Crippen MR) is 110 cm³/mol. The molecule has 0 aromatic carbocycles. The van der Waals surface area contributed by atoms with Gasteiger partial charge in [-0.05, 0) is 36.8 Å². The molecule has 0 fully saturated rings. The molecular weight excluding hydrogens is 340 g/mol. The molecular formula is C19H24N8. The van der Waals surface area contributed by atoms with Gasteiger partial charge in [-0.15, -0.1) is 0 Å². The number of aliphatic imine (C=N–C) groups is 1. The second-order valence-corrected chi connectivity index (χ2v) is 6.25. The van der Waals surface area contributed by atoms with E-state index in [-0.39, 0.29) is 0 Å². The van der Waals surface area contributed by atoms with E-state index >= 15 is 0 Å². The van der Waals surface area contributed by atoms with Crippen LogP contribution in [0.2, 0.25) is 0 Å². The molecule has 0 saturated carbocycles. The van der Waals surface area contributed by atoms with E-state index in [1.807, 2.05) is 31.5 Å². The standard InChI is InChI=1S/C19H24N8/c1-4-14(5-6-21-3)16-11-24-19(26-20)18(25-16)23-10-15-12-27-8-7-22-17(27)9-13(15)2/h4-8,11-13H,3,9-10,20H2,1-2H3,(H,23,25)(H,24,26). The van der Waals surface area contributed by atoms with Gasteiger partial charge in [-0.1, -0.05) is 13.0 Å². The normalized spacial score (nSPS) is 16.8. The number of hydrazine groups is 1. The number of fused-ring (bicyclic) bond motifs is 1. The van der Waals surface area contributed by atoms with Crippen molar-refractivity contribution in [3.8, 4) is 0 Å². The van der Waals surface area contributed by atoms with Gasteiger partial charge in [0.15, 0.2) is 11.6 Å². The van der Waals surface area contributed by atoms with Crippen molar-refractivity contribution in [3.63, 3.8) is 0 Å². The number of nitrogens with one attached hydrogen (secondary N) is 2. The van der Waals surface area contributed by atoms with Crippen molar-refractivity contribution in [2.45, 2.75) is 20.3 Å². The summed E-state index contributed by atoms with van der Waals surface area (Å²) in [5, 5.41) is 3.36. The number of rotatable bonds is 7. The molecule has 1 unspecified atom stereocenters. The average molecular weight is 364 g/mol. The minimum atomic E-state index is 0.394. The summed E-state index contributed by atoms with van der Waals surface area (Å²) in [5.41, 5.74) is 5.48. The highest BCUT2D eigenvalue weighted by Crippen LogP contribution is 2.25. The van der Waals surface area contributed by atoms with Crippen LogP contribution in [0, 0.1) is 5.92 Å². The monoisotopic (exact) mass is 364 g/mol. The van der Waals surface area contributed by atoms with Crippen LogP contribution in [-0.4, -0.2) is 32.8 Å². The summed E-state index contributed by atoms with van der Waals surface area (Å²) in [4.78, 5) is 17.2. The Balaban J connectivity index is 1.82. The zero-order valence-corrected chi connectivity index (χ0v) is 15.6. The Kier molecular flexibility index (Phi) is 5.77. The van der Waals surface area contributed by atoms with Gasteiger partial charge in [0.05, 0.1) is 11.9 Å². The number of nitrogen functional groups attached to an aromatic ring is 1. The molecule has 0 aliphatic carbocycles. The Bertz CT molecular complexity index is 906. The molecule has 1 aliphatic heterocycles. The van der Waals surface area contributed by atoms with Crippen molar-refractivity contribution in [2.75, 3.05) is 17.3 Å². The molecule has 2 aromatic rings. The molecule has 0 radical (unpaired) electrons. The molecule has 1 atom stereocenters. The van der Waals surface area contributed by atoms with Crippen molar-refractivity contribution in [3.05, 3.63) is 54.0 Å². The molecule has 2 aromatic heterocycles. The Morgan fingerprint density at radius 3 is 3.04 bits per heavy atom. The summed E-state index contributed by atoms with van der Waals surface area (Å²) >= 11 is 0. The predicted octanol–water partition coefficient (Wildman–Crippen LogP) is 2.72. The molecule has 3 rings (SSSR count). The maximum absolute atomic E-state index is 5.60. The maximum Gasteiger partial charge on any atom is 0.183 e. The zero-order chi connectivity index (χ0) is 19.2. The molecule has 1 aliphatic rings. The molecule has 8 nitrogen and oxygen atoms in total. The van der Waals surface area contributed by atoms with E-state index < -0.39 is 0 Å². The van der Waals surface area contributed by atoms with Crippen LogP contribution in [0.3, 0.4) is 0 Å². The van der Waals surface area contributed by atoms with Gasteiger partial charge in [-0.3, -0.25) is 4.99 Å². The summed E-state index contributed by atoms with van der Waals surface area (Å²) in [6, 6.07) is 0. The first kappa shape index (κ1) is 18.5. The summed E-state index contributed by atoms with van der Waals surface area (Å²) in [7, 11) is 0. The number of nitrogens with zero attached hydrogens (tertiary/aromatic N) is 5. The third-order valence-electron chi connectivity index (χ3n) is 4.51. The Hall–Kier alpha value is -3.26. The van der Waals surface area contributed by atoms with Gasteiger partial charge in [-0.2, -0.15) is 0 Å². The Morgan fingerprint density at radius 1 is 1.44 bits per heavy atom. The number of hydrogen-bond donors (Lipinski definition) is 3. The van der Waals surface area contributed by atoms with Gasteiger partial charge >= 0.3 is 0 Å². The summed E-state index contributed by atoms with van der Waals surface area (Å²) < 4.78 is 2.06. The van der Waals surface area contributed by atoms with E-state index in [2.05, 4.69) is 55.1 Å². The van der Waals surface area contributed by atoms with Crippen LogP contribution in [0.4, 0.5) is 11.6 Å². The van der Waals surface area contributed by atoms with Gasteiger partial charge in [0, 0.05) is 37.8 Å². The van der Waals surface area contributed by atoms with Crippen LogP contribution in [0.15, 0.2) is 47.5 Å². The molecule has 3 heterocycles. The molecule has 140 valence electrons. The largest absolute Gasteiger partial charge is 0.363 e. The fourth-order valence-corrected chi connectivity index (χ4v) is 2.96. The van der Waals surface area contributed by atoms with E-state index in [0.717, 1.165) is 23.5 Å². The van der Waals surface area contributed by atoms with Gasteiger partial charge in [0.2, 0.25) is 0 Å². The van der Waals surface area contributed by atoms with Crippen LogP contribution in [0.1, 0.15) is 25.4 Å². The molecule has 0 saturated heterocycles. The van der Waals surface area contributed by atoms with Gasteiger partial charge in [0.1, 0.15) is 5.82 Å². The van der Waals surface area contributed by atoms with Crippen molar-refractivity contribution in [1.82, 2.24) is 19.5 Å². The van der Waals surface area contributed by atoms with E-state index in [9.17, 15) is 0 Å². The maximum atomic E-state index is 5.60. The summed E-state index contributed by atoms with van der Waals surface area (Å²) in [6.07, 6.45) is 13.9. The van der Waals surface area contributed by atoms with E-state index in [1.165, 1.54) is 5.57 Å². The molecule has 0 spiro atoms. The van der Waals surface area contributed by atoms with E-state index in [1.54, 1.807) is 12.4 Å². The average Bonchev–Trinajstić information content (AvgIpc) is 3.13. The fraction of sp³-hybridized carbons (Fsp3) is 0.263. The lowest BCUT2D eigenvalue weighted by Crippen LogP contribution is -2.21. The van der Waals surface area contributed by atoms with Gasteiger partial charge < -0.3 is 15.3 Å². The SMILES string of the molecule is C=NC=CC(=CC)c1cnc(NN)c(NCC2=Cn3ccnc3CC2C)n1. The topological polar surface area (TPSA) is 106 Å². The summed E-state index contributed by atoms with van der Waals surface area (Å²) in [6.45, 7) is 8.22. The third kappa shape index (κ3) is 4.12. The molecule has 4 N–H and O–H groups in total. The molecule has 0 amide bonds. The van der Waals surface area contributed by atoms with Crippen LogP contribution in [0.5, 0.6) is 0 Å². The van der Waals surface area contributed by atoms with Crippen molar-refractivity contribution < 1.29 is 0 Å². The first-order valence-corrected chi connectivity index (χ1v) is 8.75. The minimum absolute atomic E-state index is 0.394. The van der Waals surface area contributed by atoms with Crippen molar-refractivity contribution in [1.29, 1.82) is 0 Å². The number of aromatic nitrogens is 4. The Labute approximate surface area is 158 Å². The third-order valence-corrected chi connectivity index (χ3v) is 4.51. The minimum Gasteiger partial charge on any atom is -0.363 e. The first-order valence-electron chi connectivity index (χ1n) is 8.75. The highest BCUT2D eigenvalue weighted by molar-refractivity contribution is 5.73. The van der Waals surface area contributed by atoms with Gasteiger partial charge in [0.25, 0.3) is 0 Å². The number of hydrogen-bond acceptors (Lipinski definition) is 7. The van der Waals surface area contributed by atoms with E-state index in [0.29, 0.717) is 24.1 Å². The number of anilines is 2. The molecule has 8 heteroatoms. The lowest BCUT2D eigenvalue weighted by atomic mass is 9.95. The first-order chi connectivity index (χ1) is 13.2. The van der Waals surface area contributed by atoms with Crippen LogP contribution in [-0.2, 0) is 6.42 Å². The summed E-state index contributed by atoms with van der Waals surface area (Å²) in [5.74, 6) is 8.17. The quantitative estimate of drug-likeness (QED) is 0.302. The Morgan fingerprint density at radius 2 is 2.30 bits per heavy atom. The number of allylic oxidation sites excluding steroid dienone is 3. The number of imidazole rings is 1. The zero-order valence-electron chi connectivity index (χ0n) is 15.6. The van der Waals surface area contributed by atoms with Crippen molar-refractivity contribution >= 4 is 30.1 Å². The second kappa shape index (κ2) is 8.41. The molecule has 0 bridgehead atoms. The van der Waals surface area contributed by atoms with Crippen LogP contribution >= 0.6 is 0 Å². The van der Waals surface area contributed by atoms with E-state index in [4.69, 9.17) is 5.84 Å². The molecule has 27 heavy (non-hydrogen) atoms. The lowest BCUT2D eigenvalue weighted by molar-refractivity contribution is 0.617. The lowest BCUT2D eigenvalue weighted by Gasteiger charge is -2.22. The van der Waals surface area contributed by atoms with Crippen LogP contribution in [0.25, 0.3) is 11.8 Å².